The third kappa shape index (κ3) is 3.21. The number of hydroxylamine groups is 2. The van der Waals surface area contributed by atoms with Crippen LogP contribution < -0.4 is 4.90 Å². The average Bonchev–Trinajstić information content (AvgIpc) is 3.20. The molecule has 2 saturated heterocycles. The van der Waals surface area contributed by atoms with Crippen molar-refractivity contribution in [3.05, 3.63) is 70.6 Å². The zero-order valence-electron chi connectivity index (χ0n) is 20.8. The van der Waals surface area contributed by atoms with Gasteiger partial charge in [-0.1, -0.05) is 23.8 Å². The number of phenols is 1. The number of carbonyl (C=O) groups is 4. The van der Waals surface area contributed by atoms with Crippen molar-refractivity contribution < 1.29 is 33.9 Å². The van der Waals surface area contributed by atoms with Crippen LogP contribution in [0.3, 0.4) is 0 Å². The summed E-state index contributed by atoms with van der Waals surface area (Å²) in [6.45, 7) is 3.36. The Balaban J connectivity index is 1.60. The van der Waals surface area contributed by atoms with Crippen LogP contribution in [-0.2, 0) is 19.2 Å². The van der Waals surface area contributed by atoms with Crippen LogP contribution in [0.15, 0.2) is 48.0 Å². The van der Waals surface area contributed by atoms with Gasteiger partial charge in [0.2, 0.25) is 0 Å². The molecule has 11 heteroatoms. The fourth-order valence-corrected chi connectivity index (χ4v) is 7.85. The molecule has 0 bridgehead atoms. The van der Waals surface area contributed by atoms with E-state index in [9.17, 15) is 33.9 Å². The van der Waals surface area contributed by atoms with Crippen molar-refractivity contribution in [2.45, 2.75) is 42.4 Å². The lowest BCUT2D eigenvalue weighted by atomic mass is 9.56. The zero-order valence-corrected chi connectivity index (χ0v) is 22.3. The van der Waals surface area contributed by atoms with Gasteiger partial charge in [0.25, 0.3) is 23.6 Å². The van der Waals surface area contributed by atoms with Gasteiger partial charge in [0.1, 0.15) is 11.6 Å². The van der Waals surface area contributed by atoms with Crippen LogP contribution >= 0.6 is 23.2 Å². The number of anilines is 1. The molecule has 0 aromatic heterocycles. The van der Waals surface area contributed by atoms with Gasteiger partial charge in [-0.25, -0.2) is 9.29 Å². The Hall–Kier alpha value is -3.27. The Morgan fingerprint density at radius 2 is 1.56 bits per heavy atom. The number of hydrogen-bond acceptors (Lipinski definition) is 6. The molecule has 2 aliphatic carbocycles. The first-order chi connectivity index (χ1) is 18.3. The number of phenolic OH excluding ortho intramolecular Hbond substituents is 1. The number of nitrogens with zero attached hydrogens (tertiary/aromatic N) is 2. The molecule has 6 unspecified atom stereocenters. The lowest BCUT2D eigenvalue weighted by molar-refractivity contribution is -0.173. The standard InChI is InChI=1S/C28H23Cl2FN2O6/c1-12-9-14(10-13(2)22(12)34)21-17-7-8-18-20(24(36)33(39)23(18)35)19(17)11-27(29)25(37)32(26(38)28(21,27)30)16-5-3-15(31)4-6-16/h3-7,9-10,18-21,34,39H,8,11H2,1-2H3. The highest BCUT2D eigenvalue weighted by atomic mass is 35.5. The van der Waals surface area contributed by atoms with E-state index < -0.39 is 62.9 Å². The Labute approximate surface area is 232 Å². The van der Waals surface area contributed by atoms with Crippen molar-refractivity contribution in [2.75, 3.05) is 4.90 Å². The Morgan fingerprint density at radius 3 is 2.18 bits per heavy atom. The van der Waals surface area contributed by atoms with Crippen LogP contribution in [0.25, 0.3) is 0 Å². The molecule has 6 atom stereocenters. The summed E-state index contributed by atoms with van der Waals surface area (Å²) in [5.41, 5.74) is 2.15. The van der Waals surface area contributed by atoms with Gasteiger partial charge in [-0.15, -0.1) is 23.2 Å². The van der Waals surface area contributed by atoms with Gasteiger partial charge in [0, 0.05) is 5.92 Å². The highest BCUT2D eigenvalue weighted by molar-refractivity contribution is 6.58. The second kappa shape index (κ2) is 8.36. The van der Waals surface area contributed by atoms with E-state index >= 15 is 0 Å². The molecule has 0 spiro atoms. The molecule has 6 rings (SSSR count). The first-order valence-electron chi connectivity index (χ1n) is 12.4. The molecular weight excluding hydrogens is 550 g/mol. The molecule has 2 N–H and O–H groups in total. The first-order valence-corrected chi connectivity index (χ1v) is 13.2. The summed E-state index contributed by atoms with van der Waals surface area (Å²) >= 11 is 14.5. The lowest BCUT2D eigenvalue weighted by Crippen LogP contribution is -2.60. The van der Waals surface area contributed by atoms with Crippen LogP contribution in [0.5, 0.6) is 5.75 Å². The molecule has 4 aliphatic rings. The van der Waals surface area contributed by atoms with E-state index in [2.05, 4.69) is 0 Å². The maximum absolute atomic E-state index is 14.2. The topological polar surface area (TPSA) is 115 Å². The molecule has 2 heterocycles. The van der Waals surface area contributed by atoms with E-state index in [0.29, 0.717) is 22.3 Å². The summed E-state index contributed by atoms with van der Waals surface area (Å²) in [6.07, 6.45) is 1.63. The van der Waals surface area contributed by atoms with Crippen molar-refractivity contribution in [1.29, 1.82) is 0 Å². The fraction of sp³-hybridized carbons (Fsp3) is 0.357. The van der Waals surface area contributed by atoms with Crippen molar-refractivity contribution in [3.8, 4) is 5.75 Å². The third-order valence-electron chi connectivity index (χ3n) is 8.72. The Morgan fingerprint density at radius 1 is 0.949 bits per heavy atom. The maximum atomic E-state index is 14.2. The molecule has 3 fully saturated rings. The van der Waals surface area contributed by atoms with Crippen LogP contribution in [-0.4, -0.2) is 48.8 Å². The van der Waals surface area contributed by atoms with E-state index in [4.69, 9.17) is 23.2 Å². The SMILES string of the molecule is Cc1cc(C2C3=CCC4C(=O)N(O)C(=O)C4C3CC3(Cl)C(=O)N(c4ccc(F)cc4)C(=O)C23Cl)cc(C)c1O. The molecule has 2 aliphatic heterocycles. The van der Waals surface area contributed by atoms with E-state index in [1.807, 2.05) is 0 Å². The third-order valence-corrected chi connectivity index (χ3v) is 10.1. The average molecular weight is 573 g/mol. The molecule has 2 aromatic rings. The zero-order chi connectivity index (χ0) is 28.2. The number of rotatable bonds is 2. The normalized spacial score (nSPS) is 33.7. The number of hydrogen-bond donors (Lipinski definition) is 2. The van der Waals surface area contributed by atoms with Gasteiger partial charge in [-0.3, -0.25) is 24.4 Å². The number of carbonyl (C=O) groups excluding carboxylic acids is 4. The molecule has 39 heavy (non-hydrogen) atoms. The second-order valence-electron chi connectivity index (χ2n) is 10.7. The summed E-state index contributed by atoms with van der Waals surface area (Å²) in [5.74, 6) is -7.32. The van der Waals surface area contributed by atoms with Crippen LogP contribution in [0.4, 0.5) is 10.1 Å². The molecule has 2 aromatic carbocycles. The van der Waals surface area contributed by atoms with Crippen molar-refractivity contribution in [1.82, 2.24) is 5.06 Å². The minimum atomic E-state index is -2.06. The van der Waals surface area contributed by atoms with Crippen molar-refractivity contribution in [2.24, 2.45) is 17.8 Å². The van der Waals surface area contributed by atoms with Gasteiger partial charge in [-0.2, -0.15) is 5.06 Å². The van der Waals surface area contributed by atoms with Gasteiger partial charge < -0.3 is 5.11 Å². The molecule has 1 saturated carbocycles. The minimum Gasteiger partial charge on any atom is -0.507 e. The predicted molar refractivity (Wildman–Crippen MR) is 138 cm³/mol. The minimum absolute atomic E-state index is 0.0545. The van der Waals surface area contributed by atoms with Gasteiger partial charge >= 0.3 is 0 Å². The summed E-state index contributed by atoms with van der Waals surface area (Å²) < 4.78 is 13.7. The lowest BCUT2D eigenvalue weighted by Gasteiger charge is -2.50. The number of aromatic hydroxyl groups is 1. The number of halogens is 3. The van der Waals surface area contributed by atoms with Gasteiger partial charge in [0.05, 0.1) is 17.5 Å². The smallest absolute Gasteiger partial charge is 0.258 e. The Bertz CT molecular complexity index is 1500. The highest BCUT2D eigenvalue weighted by Gasteiger charge is 2.76. The first kappa shape index (κ1) is 26.0. The predicted octanol–water partition coefficient (Wildman–Crippen LogP) is 4.10. The van der Waals surface area contributed by atoms with E-state index in [1.54, 1.807) is 32.1 Å². The van der Waals surface area contributed by atoms with Crippen molar-refractivity contribution >= 4 is 52.5 Å². The van der Waals surface area contributed by atoms with Gasteiger partial charge in [-0.05, 0) is 73.6 Å². The Kier molecular flexibility index (Phi) is 5.57. The molecule has 8 nitrogen and oxygen atoms in total. The number of allylic oxidation sites excluding steroid dienone is 2. The quantitative estimate of drug-likeness (QED) is 0.242. The van der Waals surface area contributed by atoms with E-state index in [0.717, 1.165) is 17.0 Å². The summed E-state index contributed by atoms with van der Waals surface area (Å²) in [7, 11) is 0. The summed E-state index contributed by atoms with van der Waals surface area (Å²) in [4.78, 5) is 50.7. The van der Waals surface area contributed by atoms with Crippen LogP contribution in [0, 0.1) is 37.4 Å². The highest BCUT2D eigenvalue weighted by Crippen LogP contribution is 2.65. The van der Waals surface area contributed by atoms with E-state index in [-0.39, 0.29) is 29.3 Å². The summed E-state index contributed by atoms with van der Waals surface area (Å²) in [6, 6.07) is 8.07. The second-order valence-corrected chi connectivity index (χ2v) is 12.0. The monoisotopic (exact) mass is 572 g/mol. The molecular formula is C28H23Cl2FN2O6. The largest absolute Gasteiger partial charge is 0.507 e. The van der Waals surface area contributed by atoms with E-state index in [1.165, 1.54) is 12.1 Å². The van der Waals surface area contributed by atoms with Crippen LogP contribution in [0.1, 0.15) is 35.4 Å². The number of alkyl halides is 2. The maximum Gasteiger partial charge on any atom is 0.258 e. The molecule has 0 radical (unpaired) electrons. The fourth-order valence-electron chi connectivity index (χ4n) is 6.91. The van der Waals surface area contributed by atoms with Crippen LogP contribution in [0.2, 0.25) is 0 Å². The number of aryl methyl sites for hydroxylation is 2. The van der Waals surface area contributed by atoms with Gasteiger partial charge in [0.15, 0.2) is 9.75 Å². The summed E-state index contributed by atoms with van der Waals surface area (Å²) in [5, 5.41) is 20.7. The molecule has 202 valence electrons. The van der Waals surface area contributed by atoms with Crippen molar-refractivity contribution in [3.63, 3.8) is 0 Å². The number of fused-ring (bicyclic) bond motifs is 4. The number of benzene rings is 2. The molecule has 4 amide bonds. The number of imide groups is 2. The number of amides is 4.